The largest absolute Gasteiger partial charge is 0.261 e. The molecule has 0 saturated heterocycles. The fourth-order valence-electron chi connectivity index (χ4n) is 1.80. The summed E-state index contributed by atoms with van der Waals surface area (Å²) in [4.78, 5) is 4.20. The van der Waals surface area contributed by atoms with E-state index in [-0.39, 0.29) is 4.21 Å². The Balaban J connectivity index is 2.12. The number of pyridine rings is 1. The summed E-state index contributed by atoms with van der Waals surface area (Å²) in [5.74, 6) is 0. The molecule has 2 aromatic rings. The van der Waals surface area contributed by atoms with Crippen molar-refractivity contribution < 1.29 is 8.42 Å². The van der Waals surface area contributed by atoms with Crippen LogP contribution in [-0.2, 0) is 16.4 Å². The van der Waals surface area contributed by atoms with Crippen LogP contribution < -0.4 is 0 Å². The van der Waals surface area contributed by atoms with E-state index in [2.05, 4.69) is 4.98 Å². The van der Waals surface area contributed by atoms with Gasteiger partial charge in [-0.25, -0.2) is 8.42 Å². The second-order valence-corrected chi connectivity index (χ2v) is 8.01. The van der Waals surface area contributed by atoms with E-state index in [0.29, 0.717) is 23.8 Å². The molecule has 0 aliphatic carbocycles. The van der Waals surface area contributed by atoms with Gasteiger partial charge in [0.15, 0.2) is 0 Å². The van der Waals surface area contributed by atoms with Crippen LogP contribution in [0.4, 0.5) is 0 Å². The number of hydrogen-bond donors (Lipinski definition) is 0. The van der Waals surface area contributed by atoms with Crippen LogP contribution in [0.5, 0.6) is 0 Å². The molecule has 0 amide bonds. The third kappa shape index (κ3) is 3.58. The van der Waals surface area contributed by atoms with Crippen LogP contribution in [0.25, 0.3) is 0 Å². The molecular weight excluding hydrogens is 316 g/mol. The maximum atomic E-state index is 12.5. The van der Waals surface area contributed by atoms with E-state index in [4.69, 9.17) is 11.6 Å². The number of aromatic nitrogens is 1. The number of sulfonamides is 1. The number of halogens is 1. The van der Waals surface area contributed by atoms with Gasteiger partial charge < -0.3 is 0 Å². The summed E-state index contributed by atoms with van der Waals surface area (Å²) in [5.41, 5.74) is 0.880. The molecular formula is C13H15ClN2O2S2. The van der Waals surface area contributed by atoms with Gasteiger partial charge >= 0.3 is 0 Å². The third-order valence-electron chi connectivity index (χ3n) is 2.84. The minimum absolute atomic E-state index is 0.283. The molecule has 108 valence electrons. The van der Waals surface area contributed by atoms with Crippen molar-refractivity contribution in [3.8, 4) is 0 Å². The Bertz CT molecular complexity index is 656. The lowest BCUT2D eigenvalue weighted by Crippen LogP contribution is -2.32. The van der Waals surface area contributed by atoms with Crippen LogP contribution in [0.1, 0.15) is 12.6 Å². The highest BCUT2D eigenvalue weighted by Gasteiger charge is 2.24. The Morgan fingerprint density at radius 1 is 1.30 bits per heavy atom. The van der Waals surface area contributed by atoms with Gasteiger partial charge in [0.25, 0.3) is 10.0 Å². The van der Waals surface area contributed by atoms with Gasteiger partial charge in [-0.15, -0.1) is 11.3 Å². The fraction of sp³-hybridized carbons (Fsp3) is 0.308. The summed E-state index contributed by atoms with van der Waals surface area (Å²) in [6.45, 7) is 2.65. The van der Waals surface area contributed by atoms with Gasteiger partial charge in [-0.3, -0.25) is 4.98 Å². The summed E-state index contributed by atoms with van der Waals surface area (Å²) in [6.07, 6.45) is 2.30. The van der Waals surface area contributed by atoms with E-state index < -0.39 is 10.0 Å². The van der Waals surface area contributed by atoms with E-state index in [1.807, 2.05) is 25.1 Å². The molecule has 0 aliphatic rings. The molecule has 7 heteroatoms. The van der Waals surface area contributed by atoms with Crippen LogP contribution in [0.15, 0.2) is 40.7 Å². The highest BCUT2D eigenvalue weighted by atomic mass is 35.5. The molecule has 0 spiro atoms. The van der Waals surface area contributed by atoms with Gasteiger partial charge in [0.1, 0.15) is 4.21 Å². The van der Waals surface area contributed by atoms with E-state index >= 15 is 0 Å². The number of thiophene rings is 1. The predicted molar refractivity (Wildman–Crippen MR) is 81.7 cm³/mol. The van der Waals surface area contributed by atoms with Crippen molar-refractivity contribution in [2.75, 3.05) is 13.1 Å². The lowest BCUT2D eigenvalue weighted by molar-refractivity contribution is 0.431. The van der Waals surface area contributed by atoms with Gasteiger partial charge in [0, 0.05) is 31.4 Å². The quantitative estimate of drug-likeness (QED) is 0.818. The van der Waals surface area contributed by atoms with Crippen LogP contribution in [-0.4, -0.2) is 30.8 Å². The van der Waals surface area contributed by atoms with Gasteiger partial charge in [-0.2, -0.15) is 4.31 Å². The van der Waals surface area contributed by atoms with Crippen molar-refractivity contribution >= 4 is 33.0 Å². The zero-order valence-electron chi connectivity index (χ0n) is 11.0. The molecule has 4 nitrogen and oxygen atoms in total. The van der Waals surface area contributed by atoms with E-state index in [1.165, 1.54) is 4.31 Å². The standard InChI is InChI=1S/C13H15ClN2O2S2/c1-2-16(10-8-11-5-3-4-9-15-11)20(17,18)13-7-6-12(14)19-13/h3-7,9H,2,8,10H2,1H3. The van der Waals surface area contributed by atoms with Gasteiger partial charge in [0.05, 0.1) is 4.34 Å². The highest BCUT2D eigenvalue weighted by molar-refractivity contribution is 7.91. The number of rotatable bonds is 6. The van der Waals surface area contributed by atoms with Crippen molar-refractivity contribution in [1.82, 2.24) is 9.29 Å². The van der Waals surface area contributed by atoms with E-state index in [0.717, 1.165) is 17.0 Å². The molecule has 2 heterocycles. The summed E-state index contributed by atoms with van der Waals surface area (Å²) in [7, 11) is -3.46. The summed E-state index contributed by atoms with van der Waals surface area (Å²) >= 11 is 6.89. The Hall–Kier alpha value is -0.950. The molecule has 20 heavy (non-hydrogen) atoms. The maximum Gasteiger partial charge on any atom is 0.252 e. The minimum Gasteiger partial charge on any atom is -0.261 e. The van der Waals surface area contributed by atoms with Gasteiger partial charge in [-0.05, 0) is 24.3 Å². The van der Waals surface area contributed by atoms with Crippen molar-refractivity contribution in [2.24, 2.45) is 0 Å². The summed E-state index contributed by atoms with van der Waals surface area (Å²) in [6, 6.07) is 8.78. The van der Waals surface area contributed by atoms with E-state index in [9.17, 15) is 8.42 Å². The fourth-order valence-corrected chi connectivity index (χ4v) is 4.88. The molecule has 0 atom stereocenters. The number of likely N-dealkylation sites (N-methyl/N-ethyl adjacent to an activating group) is 1. The molecule has 2 aromatic heterocycles. The molecule has 0 aromatic carbocycles. The SMILES string of the molecule is CCN(CCc1ccccn1)S(=O)(=O)c1ccc(Cl)s1. The van der Waals surface area contributed by atoms with Crippen LogP contribution in [0, 0.1) is 0 Å². The lowest BCUT2D eigenvalue weighted by atomic mass is 10.3. The van der Waals surface area contributed by atoms with Crippen molar-refractivity contribution in [2.45, 2.75) is 17.6 Å². The molecule has 0 N–H and O–H groups in total. The lowest BCUT2D eigenvalue weighted by Gasteiger charge is -2.19. The summed E-state index contributed by atoms with van der Waals surface area (Å²) in [5, 5.41) is 0. The monoisotopic (exact) mass is 330 g/mol. The first-order valence-electron chi connectivity index (χ1n) is 6.19. The van der Waals surface area contributed by atoms with E-state index in [1.54, 1.807) is 18.3 Å². The number of nitrogens with zero attached hydrogens (tertiary/aromatic N) is 2. The Labute approximate surface area is 128 Å². The first-order chi connectivity index (χ1) is 9.54. The van der Waals surface area contributed by atoms with Gasteiger partial charge in [0.2, 0.25) is 0 Å². The molecule has 0 saturated carbocycles. The second kappa shape index (κ2) is 6.67. The second-order valence-electron chi connectivity index (χ2n) is 4.13. The van der Waals surface area contributed by atoms with Crippen molar-refractivity contribution in [3.63, 3.8) is 0 Å². The topological polar surface area (TPSA) is 50.3 Å². The predicted octanol–water partition coefficient (Wildman–Crippen LogP) is 3.05. The van der Waals surface area contributed by atoms with Crippen LogP contribution in [0.2, 0.25) is 4.34 Å². The first kappa shape index (κ1) is 15.4. The molecule has 0 unspecified atom stereocenters. The highest BCUT2D eigenvalue weighted by Crippen LogP contribution is 2.28. The molecule has 0 bridgehead atoms. The zero-order valence-corrected chi connectivity index (χ0v) is 13.4. The zero-order chi connectivity index (χ0) is 14.6. The Kier molecular flexibility index (Phi) is 5.15. The van der Waals surface area contributed by atoms with Crippen LogP contribution >= 0.6 is 22.9 Å². The average molecular weight is 331 g/mol. The maximum absolute atomic E-state index is 12.5. The molecule has 0 radical (unpaired) electrons. The van der Waals surface area contributed by atoms with Crippen LogP contribution in [0.3, 0.4) is 0 Å². The third-order valence-corrected chi connectivity index (χ3v) is 6.51. The molecule has 2 rings (SSSR count). The first-order valence-corrected chi connectivity index (χ1v) is 8.83. The Morgan fingerprint density at radius 3 is 2.65 bits per heavy atom. The number of hydrogen-bond acceptors (Lipinski definition) is 4. The van der Waals surface area contributed by atoms with Gasteiger partial charge in [-0.1, -0.05) is 24.6 Å². The average Bonchev–Trinajstić information content (AvgIpc) is 2.88. The minimum atomic E-state index is -3.46. The Morgan fingerprint density at radius 2 is 2.10 bits per heavy atom. The van der Waals surface area contributed by atoms with Crippen molar-refractivity contribution in [3.05, 3.63) is 46.6 Å². The normalized spacial score (nSPS) is 11.9. The molecule has 0 fully saturated rings. The van der Waals surface area contributed by atoms with Crippen molar-refractivity contribution in [1.29, 1.82) is 0 Å². The molecule has 0 aliphatic heterocycles. The summed E-state index contributed by atoms with van der Waals surface area (Å²) < 4.78 is 27.1. The smallest absolute Gasteiger partial charge is 0.252 e.